The summed E-state index contributed by atoms with van der Waals surface area (Å²) in [5.74, 6) is 0. The van der Waals surface area contributed by atoms with Crippen molar-refractivity contribution in [1.82, 2.24) is 9.97 Å². The summed E-state index contributed by atoms with van der Waals surface area (Å²) >= 11 is 1.66. The Hall–Kier alpha value is -1.26. The van der Waals surface area contributed by atoms with E-state index in [2.05, 4.69) is 9.97 Å². The Balaban J connectivity index is 2.02. The molecule has 1 N–H and O–H groups in total. The van der Waals surface area contributed by atoms with Crippen molar-refractivity contribution in [3.63, 3.8) is 0 Å². The highest BCUT2D eigenvalue weighted by molar-refractivity contribution is 7.09. The first-order chi connectivity index (χ1) is 7.90. The average molecular weight is 234 g/mol. The zero-order valence-electron chi connectivity index (χ0n) is 8.97. The number of hydrogen-bond acceptors (Lipinski definition) is 4. The number of aliphatic hydroxyl groups excluding tert-OH is 1. The average Bonchev–Trinajstić information content (AvgIpc) is 2.79. The molecule has 0 spiro atoms. The van der Waals surface area contributed by atoms with Crippen LogP contribution in [0.4, 0.5) is 0 Å². The van der Waals surface area contributed by atoms with E-state index in [4.69, 9.17) is 5.11 Å². The monoisotopic (exact) mass is 234 g/mol. The predicted octanol–water partition coefficient (Wildman–Crippen LogP) is 2.52. The predicted molar refractivity (Wildman–Crippen MR) is 65.4 cm³/mol. The molecule has 2 rings (SSSR count). The molecular formula is C12H14N2OS. The molecule has 2 aromatic rings. The van der Waals surface area contributed by atoms with Gasteiger partial charge in [0.15, 0.2) is 0 Å². The topological polar surface area (TPSA) is 46.0 Å². The van der Waals surface area contributed by atoms with Gasteiger partial charge in [0.05, 0.1) is 16.4 Å². The van der Waals surface area contributed by atoms with Crippen LogP contribution in [0.15, 0.2) is 29.8 Å². The molecular weight excluding hydrogens is 220 g/mol. The zero-order chi connectivity index (χ0) is 11.2. The molecule has 2 heterocycles. The first-order valence-corrected chi connectivity index (χ1v) is 6.25. The van der Waals surface area contributed by atoms with Gasteiger partial charge in [0, 0.05) is 18.2 Å². The van der Waals surface area contributed by atoms with Crippen molar-refractivity contribution < 1.29 is 5.11 Å². The van der Waals surface area contributed by atoms with Crippen LogP contribution < -0.4 is 0 Å². The third-order valence-corrected chi connectivity index (χ3v) is 3.19. The molecule has 2 aromatic heterocycles. The molecule has 0 atom stereocenters. The van der Waals surface area contributed by atoms with Crippen LogP contribution >= 0.6 is 11.3 Å². The molecule has 0 bridgehead atoms. The number of aromatic nitrogens is 2. The second kappa shape index (κ2) is 5.72. The maximum Gasteiger partial charge on any atom is 0.0998 e. The van der Waals surface area contributed by atoms with Crippen molar-refractivity contribution >= 4 is 11.3 Å². The van der Waals surface area contributed by atoms with Crippen LogP contribution in [0.5, 0.6) is 0 Å². The standard InChI is InChI=1S/C12H14N2OS/c15-8-4-2-6-12-14-11(9-16-12)10-5-1-3-7-13-10/h1,3,5,7,9,15H,2,4,6,8H2. The molecule has 0 aliphatic rings. The number of rotatable bonds is 5. The quantitative estimate of drug-likeness (QED) is 0.809. The van der Waals surface area contributed by atoms with Crippen LogP contribution in [-0.4, -0.2) is 21.7 Å². The Morgan fingerprint density at radius 3 is 2.88 bits per heavy atom. The van der Waals surface area contributed by atoms with E-state index in [1.807, 2.05) is 23.6 Å². The van der Waals surface area contributed by atoms with Crippen molar-refractivity contribution in [3.8, 4) is 11.4 Å². The number of hydrogen-bond donors (Lipinski definition) is 1. The van der Waals surface area contributed by atoms with Crippen molar-refractivity contribution in [3.05, 3.63) is 34.8 Å². The molecule has 3 nitrogen and oxygen atoms in total. The number of thiazole rings is 1. The van der Waals surface area contributed by atoms with Gasteiger partial charge in [0.25, 0.3) is 0 Å². The summed E-state index contributed by atoms with van der Waals surface area (Å²) in [4.78, 5) is 8.79. The molecule has 0 saturated carbocycles. The fourth-order valence-electron chi connectivity index (χ4n) is 1.45. The lowest BCUT2D eigenvalue weighted by molar-refractivity contribution is 0.284. The minimum absolute atomic E-state index is 0.262. The Labute approximate surface area is 98.8 Å². The van der Waals surface area contributed by atoms with Gasteiger partial charge in [-0.3, -0.25) is 4.98 Å². The van der Waals surface area contributed by atoms with Gasteiger partial charge in [0.1, 0.15) is 0 Å². The van der Waals surface area contributed by atoms with Crippen molar-refractivity contribution in [1.29, 1.82) is 0 Å². The van der Waals surface area contributed by atoms with Gasteiger partial charge in [-0.1, -0.05) is 6.07 Å². The summed E-state index contributed by atoms with van der Waals surface area (Å²) in [7, 11) is 0. The summed E-state index contributed by atoms with van der Waals surface area (Å²) < 4.78 is 0. The van der Waals surface area contributed by atoms with Crippen LogP contribution in [0, 0.1) is 0 Å². The molecule has 0 saturated heterocycles. The summed E-state index contributed by atoms with van der Waals surface area (Å²) in [6.45, 7) is 0.262. The SMILES string of the molecule is OCCCCc1nc(-c2ccccn2)cs1. The number of aliphatic hydroxyl groups is 1. The van der Waals surface area contributed by atoms with Gasteiger partial charge in [-0.25, -0.2) is 4.98 Å². The lowest BCUT2D eigenvalue weighted by atomic mass is 10.2. The van der Waals surface area contributed by atoms with E-state index in [0.29, 0.717) is 0 Å². The summed E-state index contributed by atoms with van der Waals surface area (Å²) in [6, 6.07) is 5.83. The van der Waals surface area contributed by atoms with Crippen molar-refractivity contribution in [2.75, 3.05) is 6.61 Å². The lowest BCUT2D eigenvalue weighted by Gasteiger charge is -1.95. The molecule has 0 unspecified atom stereocenters. The van der Waals surface area contributed by atoms with Crippen LogP contribution in [0.3, 0.4) is 0 Å². The smallest absolute Gasteiger partial charge is 0.0998 e. The number of unbranched alkanes of at least 4 members (excludes halogenated alkanes) is 1. The van der Waals surface area contributed by atoms with Crippen molar-refractivity contribution in [2.45, 2.75) is 19.3 Å². The van der Waals surface area contributed by atoms with Crippen LogP contribution in [-0.2, 0) is 6.42 Å². The van der Waals surface area contributed by atoms with E-state index in [1.54, 1.807) is 17.5 Å². The Bertz CT molecular complexity index is 428. The van der Waals surface area contributed by atoms with E-state index >= 15 is 0 Å². The Morgan fingerprint density at radius 1 is 1.19 bits per heavy atom. The molecule has 0 aromatic carbocycles. The van der Waals surface area contributed by atoms with Gasteiger partial charge >= 0.3 is 0 Å². The van der Waals surface area contributed by atoms with Gasteiger partial charge in [-0.15, -0.1) is 11.3 Å². The first-order valence-electron chi connectivity index (χ1n) is 5.37. The lowest BCUT2D eigenvalue weighted by Crippen LogP contribution is -1.88. The highest BCUT2D eigenvalue weighted by atomic mass is 32.1. The second-order valence-corrected chi connectivity index (χ2v) is 4.46. The number of aryl methyl sites for hydroxylation is 1. The fourth-order valence-corrected chi connectivity index (χ4v) is 2.28. The zero-order valence-corrected chi connectivity index (χ0v) is 9.78. The van der Waals surface area contributed by atoms with E-state index in [9.17, 15) is 0 Å². The molecule has 0 amide bonds. The number of pyridine rings is 1. The van der Waals surface area contributed by atoms with Crippen molar-refractivity contribution in [2.24, 2.45) is 0 Å². The van der Waals surface area contributed by atoms with E-state index in [-0.39, 0.29) is 6.61 Å². The fraction of sp³-hybridized carbons (Fsp3) is 0.333. The minimum Gasteiger partial charge on any atom is -0.396 e. The molecule has 0 fully saturated rings. The van der Waals surface area contributed by atoms with E-state index in [1.165, 1.54) is 0 Å². The van der Waals surface area contributed by atoms with E-state index in [0.717, 1.165) is 35.7 Å². The van der Waals surface area contributed by atoms with Gasteiger partial charge in [0.2, 0.25) is 0 Å². The van der Waals surface area contributed by atoms with Gasteiger partial charge in [-0.2, -0.15) is 0 Å². The second-order valence-electron chi connectivity index (χ2n) is 3.52. The maximum atomic E-state index is 8.70. The molecule has 4 heteroatoms. The maximum absolute atomic E-state index is 8.70. The first kappa shape index (κ1) is 11.2. The van der Waals surface area contributed by atoms with Crippen LogP contribution in [0.25, 0.3) is 11.4 Å². The number of nitrogens with zero attached hydrogens (tertiary/aromatic N) is 2. The van der Waals surface area contributed by atoms with E-state index < -0.39 is 0 Å². The highest BCUT2D eigenvalue weighted by Gasteiger charge is 2.04. The minimum atomic E-state index is 0.262. The largest absolute Gasteiger partial charge is 0.396 e. The third kappa shape index (κ3) is 2.87. The molecule has 0 radical (unpaired) electrons. The molecule has 16 heavy (non-hydrogen) atoms. The van der Waals surface area contributed by atoms with Crippen LogP contribution in [0.2, 0.25) is 0 Å². The van der Waals surface area contributed by atoms with Crippen LogP contribution in [0.1, 0.15) is 17.8 Å². The normalized spacial score (nSPS) is 10.6. The Morgan fingerprint density at radius 2 is 2.12 bits per heavy atom. The molecule has 0 aliphatic carbocycles. The third-order valence-electron chi connectivity index (χ3n) is 2.28. The molecule has 0 aliphatic heterocycles. The van der Waals surface area contributed by atoms with Gasteiger partial charge in [-0.05, 0) is 31.4 Å². The summed E-state index contributed by atoms with van der Waals surface area (Å²) in [5.41, 5.74) is 1.87. The summed E-state index contributed by atoms with van der Waals surface area (Å²) in [6.07, 6.45) is 4.56. The summed E-state index contributed by atoms with van der Waals surface area (Å²) in [5, 5.41) is 11.9. The Kier molecular flexibility index (Phi) is 4.02. The molecule has 84 valence electrons. The van der Waals surface area contributed by atoms with Gasteiger partial charge < -0.3 is 5.11 Å². The highest BCUT2D eigenvalue weighted by Crippen LogP contribution is 2.20.